The Labute approximate surface area is 105 Å². The topological polar surface area (TPSA) is 29.1 Å². The molecule has 4 heteroatoms. The number of benzene rings is 1. The molecule has 1 fully saturated rings. The number of carbonyl (C=O) groups is 1. The molecule has 2 rings (SSSR count). The van der Waals surface area contributed by atoms with Crippen LogP contribution in [0, 0.1) is 17.7 Å². The molecule has 1 aliphatic rings. The quantitative estimate of drug-likeness (QED) is 0.881. The van der Waals surface area contributed by atoms with E-state index in [4.69, 9.17) is 11.6 Å². The molecule has 1 amide bonds. The van der Waals surface area contributed by atoms with Gasteiger partial charge in [-0.3, -0.25) is 4.79 Å². The maximum Gasteiger partial charge on any atom is 0.223 e. The summed E-state index contributed by atoms with van der Waals surface area (Å²) in [5, 5.41) is 3.29. The molecule has 0 aromatic heterocycles. The van der Waals surface area contributed by atoms with Gasteiger partial charge in [-0.1, -0.05) is 24.6 Å². The summed E-state index contributed by atoms with van der Waals surface area (Å²) in [7, 11) is 0. The number of nitrogens with one attached hydrogen (secondary N) is 1. The fraction of sp³-hybridized carbons (Fsp3) is 0.462. The molecular formula is C13H15ClFNO. The number of hydrogen-bond donors (Lipinski definition) is 1. The highest BCUT2D eigenvalue weighted by atomic mass is 35.5. The first-order chi connectivity index (χ1) is 8.08. The van der Waals surface area contributed by atoms with E-state index in [2.05, 4.69) is 12.2 Å². The molecule has 1 aromatic rings. The average molecular weight is 256 g/mol. The summed E-state index contributed by atoms with van der Waals surface area (Å²) in [6.07, 6.45) is 1.62. The standard InChI is InChI=1S/C13H15ClFNO/c1-8-6-11(8)13(17)16-5-4-9-2-3-10(15)7-12(9)14/h2-3,7-8,11H,4-6H2,1H3,(H,16,17)/t8-,11+/m0/s1. The largest absolute Gasteiger partial charge is 0.356 e. The molecule has 1 aromatic carbocycles. The summed E-state index contributed by atoms with van der Waals surface area (Å²) >= 11 is 5.89. The first kappa shape index (κ1) is 12.4. The van der Waals surface area contributed by atoms with Gasteiger partial charge < -0.3 is 5.32 Å². The van der Waals surface area contributed by atoms with Gasteiger partial charge in [0.2, 0.25) is 5.91 Å². The zero-order chi connectivity index (χ0) is 12.4. The van der Waals surface area contributed by atoms with Crippen molar-refractivity contribution >= 4 is 17.5 Å². The summed E-state index contributed by atoms with van der Waals surface area (Å²) in [6, 6.07) is 4.33. The molecule has 2 nitrogen and oxygen atoms in total. The van der Waals surface area contributed by atoms with Crippen molar-refractivity contribution in [3.8, 4) is 0 Å². The third-order valence-electron chi connectivity index (χ3n) is 3.15. The summed E-state index contributed by atoms with van der Waals surface area (Å²) in [5.41, 5.74) is 0.859. The highest BCUT2D eigenvalue weighted by molar-refractivity contribution is 6.31. The zero-order valence-corrected chi connectivity index (χ0v) is 10.4. The fourth-order valence-electron chi connectivity index (χ4n) is 1.86. The number of carbonyl (C=O) groups excluding carboxylic acids is 1. The van der Waals surface area contributed by atoms with Crippen molar-refractivity contribution in [3.05, 3.63) is 34.6 Å². The van der Waals surface area contributed by atoms with E-state index < -0.39 is 0 Å². The third-order valence-corrected chi connectivity index (χ3v) is 3.51. The number of halogens is 2. The van der Waals surface area contributed by atoms with Crippen LogP contribution in [0.4, 0.5) is 4.39 Å². The molecule has 0 spiro atoms. The Kier molecular flexibility index (Phi) is 3.67. The summed E-state index contributed by atoms with van der Waals surface area (Å²) in [5.74, 6) is 0.494. The van der Waals surface area contributed by atoms with Crippen molar-refractivity contribution in [1.82, 2.24) is 5.32 Å². The Morgan fingerprint density at radius 3 is 2.88 bits per heavy atom. The van der Waals surface area contributed by atoms with Crippen molar-refractivity contribution in [2.24, 2.45) is 11.8 Å². The zero-order valence-electron chi connectivity index (χ0n) is 9.67. The normalized spacial score (nSPS) is 22.3. The van der Waals surface area contributed by atoms with Crippen LogP contribution in [-0.2, 0) is 11.2 Å². The van der Waals surface area contributed by atoms with Crippen LogP contribution >= 0.6 is 11.6 Å². The van der Waals surface area contributed by atoms with E-state index >= 15 is 0 Å². The van der Waals surface area contributed by atoms with Gasteiger partial charge in [0.05, 0.1) is 0 Å². The van der Waals surface area contributed by atoms with Crippen LogP contribution in [0.2, 0.25) is 5.02 Å². The second-order valence-corrected chi connectivity index (χ2v) is 5.00. The molecule has 1 aliphatic carbocycles. The van der Waals surface area contributed by atoms with Gasteiger partial charge in [0.15, 0.2) is 0 Å². The Balaban J connectivity index is 1.80. The third kappa shape index (κ3) is 3.19. The first-order valence-corrected chi connectivity index (χ1v) is 6.17. The molecular weight excluding hydrogens is 241 g/mol. The second-order valence-electron chi connectivity index (χ2n) is 4.60. The van der Waals surface area contributed by atoms with Crippen LogP contribution in [0.25, 0.3) is 0 Å². The predicted molar refractivity (Wildman–Crippen MR) is 65.4 cm³/mol. The minimum atomic E-state index is -0.338. The lowest BCUT2D eigenvalue weighted by molar-refractivity contribution is -0.122. The van der Waals surface area contributed by atoms with Gasteiger partial charge in [-0.15, -0.1) is 0 Å². The number of rotatable bonds is 4. The molecule has 0 aliphatic heterocycles. The molecule has 92 valence electrons. The monoisotopic (exact) mass is 255 g/mol. The van der Waals surface area contributed by atoms with Crippen LogP contribution < -0.4 is 5.32 Å². The van der Waals surface area contributed by atoms with E-state index in [-0.39, 0.29) is 17.6 Å². The van der Waals surface area contributed by atoms with Gasteiger partial charge in [0.25, 0.3) is 0 Å². The molecule has 0 unspecified atom stereocenters. The Bertz CT molecular complexity index is 435. The van der Waals surface area contributed by atoms with Crippen LogP contribution in [0.1, 0.15) is 18.9 Å². The van der Waals surface area contributed by atoms with Crippen LogP contribution in [0.15, 0.2) is 18.2 Å². The van der Waals surface area contributed by atoms with E-state index in [1.807, 2.05) is 0 Å². The van der Waals surface area contributed by atoms with E-state index in [1.165, 1.54) is 12.1 Å². The van der Waals surface area contributed by atoms with E-state index in [1.54, 1.807) is 6.07 Å². The van der Waals surface area contributed by atoms with E-state index in [0.717, 1.165) is 12.0 Å². The van der Waals surface area contributed by atoms with Crippen LogP contribution in [0.3, 0.4) is 0 Å². The number of amides is 1. The molecule has 17 heavy (non-hydrogen) atoms. The lowest BCUT2D eigenvalue weighted by atomic mass is 10.1. The highest BCUT2D eigenvalue weighted by Gasteiger charge is 2.38. The van der Waals surface area contributed by atoms with E-state index in [0.29, 0.717) is 23.9 Å². The van der Waals surface area contributed by atoms with Crippen molar-refractivity contribution in [2.45, 2.75) is 19.8 Å². The predicted octanol–water partition coefficient (Wildman–Crippen LogP) is 2.79. The van der Waals surface area contributed by atoms with Gasteiger partial charge >= 0.3 is 0 Å². The second kappa shape index (κ2) is 5.05. The maximum absolute atomic E-state index is 12.8. The smallest absolute Gasteiger partial charge is 0.223 e. The number of hydrogen-bond acceptors (Lipinski definition) is 1. The molecule has 0 bridgehead atoms. The fourth-order valence-corrected chi connectivity index (χ4v) is 2.13. The van der Waals surface area contributed by atoms with Gasteiger partial charge in [-0.25, -0.2) is 4.39 Å². The lowest BCUT2D eigenvalue weighted by Crippen LogP contribution is -2.27. The Morgan fingerprint density at radius 1 is 1.59 bits per heavy atom. The SMILES string of the molecule is C[C@H]1C[C@H]1C(=O)NCCc1ccc(F)cc1Cl. The first-order valence-electron chi connectivity index (χ1n) is 5.79. The lowest BCUT2D eigenvalue weighted by Gasteiger charge is -2.06. The molecule has 0 radical (unpaired) electrons. The Morgan fingerprint density at radius 2 is 2.29 bits per heavy atom. The van der Waals surface area contributed by atoms with Crippen molar-refractivity contribution < 1.29 is 9.18 Å². The minimum Gasteiger partial charge on any atom is -0.356 e. The molecule has 1 saturated carbocycles. The Hall–Kier alpha value is -1.09. The molecule has 0 heterocycles. The van der Waals surface area contributed by atoms with Crippen molar-refractivity contribution in [1.29, 1.82) is 0 Å². The average Bonchev–Trinajstić information content (AvgIpc) is 2.99. The van der Waals surface area contributed by atoms with Crippen molar-refractivity contribution in [3.63, 3.8) is 0 Å². The maximum atomic E-state index is 12.8. The van der Waals surface area contributed by atoms with Gasteiger partial charge in [-0.05, 0) is 36.5 Å². The molecule has 0 saturated heterocycles. The van der Waals surface area contributed by atoms with Crippen molar-refractivity contribution in [2.75, 3.05) is 6.54 Å². The summed E-state index contributed by atoms with van der Waals surface area (Å²) in [4.78, 5) is 11.5. The summed E-state index contributed by atoms with van der Waals surface area (Å²) < 4.78 is 12.8. The molecule has 1 N–H and O–H groups in total. The van der Waals surface area contributed by atoms with Crippen LogP contribution in [0.5, 0.6) is 0 Å². The van der Waals surface area contributed by atoms with Crippen LogP contribution in [-0.4, -0.2) is 12.5 Å². The summed E-state index contributed by atoms with van der Waals surface area (Å²) in [6.45, 7) is 2.62. The van der Waals surface area contributed by atoms with E-state index in [9.17, 15) is 9.18 Å². The minimum absolute atomic E-state index is 0.121. The highest BCUT2D eigenvalue weighted by Crippen LogP contribution is 2.37. The van der Waals surface area contributed by atoms with Gasteiger partial charge in [-0.2, -0.15) is 0 Å². The van der Waals surface area contributed by atoms with Gasteiger partial charge in [0.1, 0.15) is 5.82 Å². The molecule has 2 atom stereocenters. The van der Waals surface area contributed by atoms with Gasteiger partial charge in [0, 0.05) is 17.5 Å².